The quantitative estimate of drug-likeness (QED) is 0.658. The van der Waals surface area contributed by atoms with Crippen LogP contribution in [0, 0.1) is 9.62 Å². The third-order valence-electron chi connectivity index (χ3n) is 4.42. The highest BCUT2D eigenvalue weighted by Crippen LogP contribution is 2.44. The Morgan fingerprint density at radius 2 is 1.96 bits per heavy atom. The van der Waals surface area contributed by atoms with Crippen LogP contribution in [0.3, 0.4) is 0 Å². The third-order valence-corrected chi connectivity index (χ3v) is 5.22. The molecule has 4 rings (SSSR count). The Balaban J connectivity index is 1.89. The van der Waals surface area contributed by atoms with Crippen molar-refractivity contribution >= 4 is 39.4 Å². The maximum Gasteiger partial charge on any atom is 0.248 e. The highest BCUT2D eigenvalue weighted by atomic mass is 127. The van der Waals surface area contributed by atoms with Crippen molar-refractivity contribution < 1.29 is 4.79 Å². The zero-order valence-electron chi connectivity index (χ0n) is 12.4. The van der Waals surface area contributed by atoms with Gasteiger partial charge in [0.25, 0.3) is 0 Å². The molecule has 4 nitrogen and oxygen atoms in total. The van der Waals surface area contributed by atoms with Crippen molar-refractivity contribution in [2.75, 3.05) is 0 Å². The molecular formula is C18H16IN3O. The van der Waals surface area contributed by atoms with Crippen LogP contribution >= 0.6 is 22.6 Å². The van der Waals surface area contributed by atoms with E-state index in [2.05, 4.69) is 51.5 Å². The normalized spacial score (nSPS) is 15.7. The van der Waals surface area contributed by atoms with Gasteiger partial charge in [-0.25, -0.2) is 0 Å². The van der Waals surface area contributed by atoms with Crippen molar-refractivity contribution in [3.05, 3.63) is 63.4 Å². The van der Waals surface area contributed by atoms with Crippen LogP contribution in [0.2, 0.25) is 0 Å². The van der Waals surface area contributed by atoms with E-state index in [1.807, 2.05) is 18.2 Å². The maximum absolute atomic E-state index is 11.4. The molecule has 5 heteroatoms. The van der Waals surface area contributed by atoms with Crippen molar-refractivity contribution in [1.82, 2.24) is 9.78 Å². The zero-order valence-corrected chi connectivity index (χ0v) is 14.6. The van der Waals surface area contributed by atoms with E-state index in [0.29, 0.717) is 11.5 Å². The Morgan fingerprint density at radius 3 is 2.61 bits per heavy atom. The SMILES string of the molecule is NC(=O)c1ccc2c(c1)c(I)nn2C(c1ccccc1)C1CC1. The van der Waals surface area contributed by atoms with E-state index < -0.39 is 5.91 Å². The minimum Gasteiger partial charge on any atom is -0.366 e. The van der Waals surface area contributed by atoms with Crippen LogP contribution in [0.5, 0.6) is 0 Å². The van der Waals surface area contributed by atoms with E-state index in [1.54, 1.807) is 6.07 Å². The number of nitrogens with zero attached hydrogens (tertiary/aromatic N) is 2. The fraction of sp³-hybridized carbons (Fsp3) is 0.222. The van der Waals surface area contributed by atoms with Gasteiger partial charge >= 0.3 is 0 Å². The van der Waals surface area contributed by atoms with Gasteiger partial charge in [-0.05, 0) is 65.1 Å². The molecule has 3 aromatic rings. The summed E-state index contributed by atoms with van der Waals surface area (Å²) in [6, 6.07) is 16.4. The van der Waals surface area contributed by atoms with Gasteiger partial charge in [0.05, 0.1) is 11.6 Å². The summed E-state index contributed by atoms with van der Waals surface area (Å²) in [4.78, 5) is 11.4. The van der Waals surface area contributed by atoms with Crippen LogP contribution in [0.15, 0.2) is 48.5 Å². The molecule has 2 N–H and O–H groups in total. The standard InChI is InChI=1S/C18H16IN3O/c19-17-14-10-13(18(20)23)8-9-15(14)22(21-17)16(12-6-7-12)11-4-2-1-3-5-11/h1-5,8-10,12,16H,6-7H2,(H2,20,23). The lowest BCUT2D eigenvalue weighted by molar-refractivity contribution is 0.100. The number of carbonyl (C=O) groups excluding carboxylic acids is 1. The number of fused-ring (bicyclic) bond motifs is 1. The molecule has 2 aromatic carbocycles. The molecule has 0 saturated heterocycles. The van der Waals surface area contributed by atoms with Gasteiger partial charge in [-0.2, -0.15) is 5.10 Å². The summed E-state index contributed by atoms with van der Waals surface area (Å²) < 4.78 is 3.02. The lowest BCUT2D eigenvalue weighted by Crippen LogP contribution is -2.14. The van der Waals surface area contributed by atoms with Gasteiger partial charge < -0.3 is 5.73 Å². The topological polar surface area (TPSA) is 60.9 Å². The van der Waals surface area contributed by atoms with Crippen LogP contribution < -0.4 is 5.73 Å². The highest BCUT2D eigenvalue weighted by molar-refractivity contribution is 14.1. The first kappa shape index (κ1) is 14.7. The number of halogens is 1. The smallest absolute Gasteiger partial charge is 0.248 e. The largest absolute Gasteiger partial charge is 0.366 e. The van der Waals surface area contributed by atoms with Crippen molar-refractivity contribution in [2.24, 2.45) is 11.7 Å². The summed E-state index contributed by atoms with van der Waals surface area (Å²) in [5.41, 5.74) is 8.27. The van der Waals surface area contributed by atoms with Gasteiger partial charge in [0.15, 0.2) is 0 Å². The van der Waals surface area contributed by atoms with Crippen molar-refractivity contribution in [2.45, 2.75) is 18.9 Å². The Kier molecular flexibility index (Phi) is 3.60. The molecule has 1 unspecified atom stereocenters. The van der Waals surface area contributed by atoms with Gasteiger partial charge in [0.2, 0.25) is 5.91 Å². The van der Waals surface area contributed by atoms with Crippen molar-refractivity contribution in [3.8, 4) is 0 Å². The molecule has 1 aliphatic rings. The second-order valence-electron chi connectivity index (χ2n) is 6.02. The number of benzene rings is 2. The number of hydrogen-bond donors (Lipinski definition) is 1. The predicted octanol–water partition coefficient (Wildman–Crippen LogP) is 3.74. The third kappa shape index (κ3) is 2.63. The maximum atomic E-state index is 11.4. The molecule has 116 valence electrons. The average Bonchev–Trinajstić information content (AvgIpc) is 3.34. The lowest BCUT2D eigenvalue weighted by atomic mass is 10.0. The number of amides is 1. The second-order valence-corrected chi connectivity index (χ2v) is 7.05. The summed E-state index contributed by atoms with van der Waals surface area (Å²) in [6.07, 6.45) is 2.47. The predicted molar refractivity (Wildman–Crippen MR) is 98.3 cm³/mol. The van der Waals surface area contributed by atoms with Crippen LogP contribution in [0.25, 0.3) is 10.9 Å². The average molecular weight is 417 g/mol. The first-order valence-electron chi connectivity index (χ1n) is 7.67. The van der Waals surface area contributed by atoms with Gasteiger partial charge in [-0.1, -0.05) is 30.3 Å². The van der Waals surface area contributed by atoms with E-state index >= 15 is 0 Å². The number of carbonyl (C=O) groups is 1. The molecule has 0 spiro atoms. The summed E-state index contributed by atoms with van der Waals surface area (Å²) in [6.45, 7) is 0. The Morgan fingerprint density at radius 1 is 1.22 bits per heavy atom. The van der Waals surface area contributed by atoms with Crippen LogP contribution in [-0.2, 0) is 0 Å². The molecule has 1 atom stereocenters. The molecule has 1 heterocycles. The summed E-state index contributed by atoms with van der Waals surface area (Å²) in [5.74, 6) is 0.226. The monoisotopic (exact) mass is 417 g/mol. The van der Waals surface area contributed by atoms with Crippen molar-refractivity contribution in [1.29, 1.82) is 0 Å². The molecule has 1 fully saturated rings. The molecule has 23 heavy (non-hydrogen) atoms. The van der Waals surface area contributed by atoms with E-state index in [-0.39, 0.29) is 6.04 Å². The minimum atomic E-state index is -0.405. The molecule has 1 saturated carbocycles. The number of aromatic nitrogens is 2. The first-order valence-corrected chi connectivity index (χ1v) is 8.75. The minimum absolute atomic E-state index is 0.252. The van der Waals surface area contributed by atoms with Crippen LogP contribution in [-0.4, -0.2) is 15.7 Å². The molecule has 1 aliphatic carbocycles. The molecule has 0 radical (unpaired) electrons. The molecular weight excluding hydrogens is 401 g/mol. The molecule has 1 aromatic heterocycles. The van der Waals surface area contributed by atoms with E-state index in [9.17, 15) is 4.79 Å². The van der Waals surface area contributed by atoms with E-state index in [1.165, 1.54) is 18.4 Å². The van der Waals surface area contributed by atoms with E-state index in [4.69, 9.17) is 10.8 Å². The summed E-state index contributed by atoms with van der Waals surface area (Å²) in [5, 5.41) is 5.77. The number of nitrogens with two attached hydrogens (primary N) is 1. The van der Waals surface area contributed by atoms with Gasteiger partial charge in [0.1, 0.15) is 3.70 Å². The second kappa shape index (κ2) is 5.63. The first-order chi connectivity index (χ1) is 11.1. The fourth-order valence-electron chi connectivity index (χ4n) is 3.14. The summed E-state index contributed by atoms with van der Waals surface area (Å²) in [7, 11) is 0. The number of primary amides is 1. The number of hydrogen-bond acceptors (Lipinski definition) is 2. The zero-order chi connectivity index (χ0) is 16.0. The Bertz CT molecular complexity index is 884. The van der Waals surface area contributed by atoms with Crippen molar-refractivity contribution in [3.63, 3.8) is 0 Å². The lowest BCUT2D eigenvalue weighted by Gasteiger charge is -2.18. The fourth-order valence-corrected chi connectivity index (χ4v) is 3.81. The molecule has 0 aliphatic heterocycles. The van der Waals surface area contributed by atoms with Gasteiger partial charge in [-0.15, -0.1) is 0 Å². The Labute approximate surface area is 147 Å². The molecule has 1 amide bonds. The highest BCUT2D eigenvalue weighted by Gasteiger charge is 2.35. The van der Waals surface area contributed by atoms with Gasteiger partial charge in [-0.3, -0.25) is 9.48 Å². The van der Waals surface area contributed by atoms with Gasteiger partial charge in [0, 0.05) is 10.9 Å². The Hall–Kier alpha value is -1.89. The molecule has 0 bridgehead atoms. The van der Waals surface area contributed by atoms with E-state index in [0.717, 1.165) is 14.6 Å². The number of rotatable bonds is 4. The van der Waals surface area contributed by atoms with Crippen LogP contribution in [0.1, 0.15) is 34.8 Å². The summed E-state index contributed by atoms with van der Waals surface area (Å²) >= 11 is 2.23. The van der Waals surface area contributed by atoms with Crippen LogP contribution in [0.4, 0.5) is 0 Å².